The third-order valence-electron chi connectivity index (χ3n) is 5.14. The Kier molecular flexibility index (Phi) is 6.42. The molecule has 0 bridgehead atoms. The molecule has 2 aliphatic rings. The molecule has 0 fully saturated rings. The van der Waals surface area contributed by atoms with Crippen molar-refractivity contribution in [1.82, 2.24) is 0 Å². The molecular weight excluding hydrogens is 454 g/mol. The molecule has 164 valence electrons. The molecule has 0 aromatic heterocycles. The van der Waals surface area contributed by atoms with E-state index in [1.54, 1.807) is 4.90 Å². The number of hydrogen-bond donors (Lipinski definition) is 0. The van der Waals surface area contributed by atoms with Gasteiger partial charge in [-0.3, -0.25) is 4.79 Å². The number of esters is 2. The van der Waals surface area contributed by atoms with E-state index in [0.717, 1.165) is 51.5 Å². The van der Waals surface area contributed by atoms with Crippen LogP contribution in [0.25, 0.3) is 5.57 Å². The third kappa shape index (κ3) is 3.83. The van der Waals surface area contributed by atoms with Gasteiger partial charge in [0.05, 0.1) is 34.5 Å². The number of fused-ring (bicyclic) bond motifs is 1. The number of thioether (sulfide) groups is 2. The number of rotatable bonds is 2. The zero-order chi connectivity index (χ0) is 23.2. The molecule has 2 heterocycles. The Labute approximate surface area is 195 Å². The largest absolute Gasteiger partial charge is 0.465 e. The van der Waals surface area contributed by atoms with E-state index in [1.165, 1.54) is 21.1 Å². The Bertz CT molecular complexity index is 1070. The molecule has 0 saturated heterocycles. The first-order valence-electron chi connectivity index (χ1n) is 9.43. The van der Waals surface area contributed by atoms with Crippen LogP contribution in [0, 0.1) is 13.8 Å². The second kappa shape index (κ2) is 8.44. The molecule has 0 aliphatic carbocycles. The summed E-state index contributed by atoms with van der Waals surface area (Å²) in [6, 6.07) is 4.01. The monoisotopic (exact) mass is 477 g/mol. The number of ether oxygens (including phenoxy) is 2. The summed E-state index contributed by atoms with van der Waals surface area (Å²) in [7, 11) is 2.53. The summed E-state index contributed by atoms with van der Waals surface area (Å²) in [4.78, 5) is 40.0. The highest BCUT2D eigenvalue weighted by molar-refractivity contribution is 8.29. The lowest BCUT2D eigenvalue weighted by Crippen LogP contribution is -2.55. The maximum atomic E-state index is 12.7. The molecule has 31 heavy (non-hydrogen) atoms. The van der Waals surface area contributed by atoms with E-state index in [-0.39, 0.29) is 15.7 Å². The average molecular weight is 478 g/mol. The van der Waals surface area contributed by atoms with Crippen LogP contribution < -0.4 is 4.90 Å². The second-order valence-corrected chi connectivity index (χ2v) is 10.4. The standard InChI is InChI=1S/C22H23NO5S3/c1-10-8-11(2)15-13(9-10)14(18(29)22(4,5)23(15)12(3)24)21-30-16(19(25)27-6)17(31-21)20(26)28-7/h8-9H,1-7H3. The van der Waals surface area contributed by atoms with Gasteiger partial charge < -0.3 is 14.4 Å². The van der Waals surface area contributed by atoms with E-state index in [0.29, 0.717) is 9.10 Å². The van der Waals surface area contributed by atoms with Crippen molar-refractivity contribution in [1.29, 1.82) is 0 Å². The molecule has 0 radical (unpaired) electrons. The maximum Gasteiger partial charge on any atom is 0.346 e. The van der Waals surface area contributed by atoms with E-state index in [2.05, 4.69) is 0 Å². The van der Waals surface area contributed by atoms with Gasteiger partial charge in [0.15, 0.2) is 0 Å². The fourth-order valence-electron chi connectivity index (χ4n) is 3.87. The minimum atomic E-state index is -0.781. The first-order chi connectivity index (χ1) is 14.4. The van der Waals surface area contributed by atoms with Crippen LogP contribution in [0.4, 0.5) is 5.69 Å². The summed E-state index contributed by atoms with van der Waals surface area (Å²) in [6.45, 7) is 9.27. The summed E-state index contributed by atoms with van der Waals surface area (Å²) in [6.07, 6.45) is 0. The molecule has 9 heteroatoms. The minimum absolute atomic E-state index is 0.111. The first kappa shape index (κ1) is 23.6. The van der Waals surface area contributed by atoms with E-state index < -0.39 is 17.5 Å². The summed E-state index contributed by atoms with van der Waals surface area (Å²) in [5, 5.41) is 0. The van der Waals surface area contributed by atoms with Gasteiger partial charge in [-0.25, -0.2) is 9.59 Å². The van der Waals surface area contributed by atoms with Crippen LogP contribution >= 0.6 is 35.7 Å². The SMILES string of the molecule is COC(=O)C1=C(C(=O)OC)SC(=C2C(=S)C(C)(C)N(C(C)=O)c3c(C)cc(C)cc32)S1. The summed E-state index contributed by atoms with van der Waals surface area (Å²) < 4.78 is 10.4. The first-order valence-corrected chi connectivity index (χ1v) is 11.5. The predicted molar refractivity (Wildman–Crippen MR) is 129 cm³/mol. The Morgan fingerprint density at radius 2 is 1.52 bits per heavy atom. The number of hydrogen-bond acceptors (Lipinski definition) is 8. The number of carbonyl (C=O) groups excluding carboxylic acids is 3. The van der Waals surface area contributed by atoms with Gasteiger partial charge in [-0.15, -0.1) is 0 Å². The van der Waals surface area contributed by atoms with E-state index in [1.807, 2.05) is 39.8 Å². The highest BCUT2D eigenvalue weighted by Crippen LogP contribution is 2.56. The highest BCUT2D eigenvalue weighted by Gasteiger charge is 2.45. The Hall–Kier alpha value is -2.10. The van der Waals surface area contributed by atoms with Crippen molar-refractivity contribution in [3.05, 3.63) is 42.9 Å². The Morgan fingerprint density at radius 3 is 1.97 bits per heavy atom. The zero-order valence-electron chi connectivity index (χ0n) is 18.4. The van der Waals surface area contributed by atoms with Crippen molar-refractivity contribution in [3.8, 4) is 0 Å². The molecule has 3 rings (SSSR count). The smallest absolute Gasteiger partial charge is 0.346 e. The molecule has 1 amide bonds. The topological polar surface area (TPSA) is 72.9 Å². The van der Waals surface area contributed by atoms with E-state index in [4.69, 9.17) is 21.7 Å². The molecule has 0 N–H and O–H groups in total. The van der Waals surface area contributed by atoms with Crippen LogP contribution in [-0.2, 0) is 23.9 Å². The summed E-state index contributed by atoms with van der Waals surface area (Å²) >= 11 is 8.19. The quantitative estimate of drug-likeness (QED) is 0.350. The number of anilines is 1. The molecule has 1 aromatic rings. The van der Waals surface area contributed by atoms with Crippen LogP contribution in [0.3, 0.4) is 0 Å². The van der Waals surface area contributed by atoms with Crippen molar-refractivity contribution in [2.24, 2.45) is 0 Å². The molecule has 6 nitrogen and oxygen atoms in total. The van der Waals surface area contributed by atoms with E-state index >= 15 is 0 Å². The lowest BCUT2D eigenvalue weighted by atomic mass is 9.81. The number of benzene rings is 1. The van der Waals surface area contributed by atoms with Crippen molar-refractivity contribution in [2.45, 2.75) is 40.2 Å². The van der Waals surface area contributed by atoms with Crippen LogP contribution in [0.5, 0.6) is 0 Å². The lowest BCUT2D eigenvalue weighted by Gasteiger charge is -2.45. The summed E-state index contributed by atoms with van der Waals surface area (Å²) in [5.41, 5.74) is 3.52. The van der Waals surface area contributed by atoms with Gasteiger partial charge in [0, 0.05) is 18.1 Å². The number of carbonyl (C=O) groups is 3. The fourth-order valence-corrected chi connectivity index (χ4v) is 6.90. The molecule has 0 saturated carbocycles. The van der Waals surface area contributed by atoms with Gasteiger partial charge in [0.1, 0.15) is 9.81 Å². The van der Waals surface area contributed by atoms with Gasteiger partial charge in [0.2, 0.25) is 5.91 Å². The Balaban J connectivity index is 2.32. The average Bonchev–Trinajstić information content (AvgIpc) is 3.12. The second-order valence-electron chi connectivity index (χ2n) is 7.73. The Morgan fingerprint density at radius 1 is 1.00 bits per heavy atom. The van der Waals surface area contributed by atoms with Crippen molar-refractivity contribution in [2.75, 3.05) is 19.1 Å². The number of amides is 1. The zero-order valence-corrected chi connectivity index (χ0v) is 20.8. The summed E-state index contributed by atoms with van der Waals surface area (Å²) in [5.74, 6) is -1.33. The van der Waals surface area contributed by atoms with Crippen molar-refractivity contribution < 1.29 is 23.9 Å². The number of thiocarbonyl (C=S) groups is 1. The third-order valence-corrected chi connectivity index (χ3v) is 8.40. The van der Waals surface area contributed by atoms with Crippen molar-refractivity contribution in [3.63, 3.8) is 0 Å². The molecular formula is C22H23NO5S3. The fraction of sp³-hybridized carbons (Fsp3) is 0.364. The van der Waals surface area contributed by atoms with Gasteiger partial charge >= 0.3 is 11.9 Å². The van der Waals surface area contributed by atoms with Crippen LogP contribution in [-0.4, -0.2) is 42.5 Å². The normalized spacial score (nSPS) is 17.6. The molecule has 0 unspecified atom stereocenters. The van der Waals surface area contributed by atoms with Gasteiger partial charge in [-0.2, -0.15) is 0 Å². The minimum Gasteiger partial charge on any atom is -0.465 e. The predicted octanol–water partition coefficient (Wildman–Crippen LogP) is 4.52. The highest BCUT2D eigenvalue weighted by atomic mass is 32.2. The molecule has 0 spiro atoms. The van der Waals surface area contributed by atoms with Gasteiger partial charge in [-0.05, 0) is 39.3 Å². The van der Waals surface area contributed by atoms with Crippen LogP contribution in [0.2, 0.25) is 0 Å². The molecule has 2 aliphatic heterocycles. The van der Waals surface area contributed by atoms with Crippen LogP contribution in [0.1, 0.15) is 37.5 Å². The number of aryl methyl sites for hydroxylation is 2. The van der Waals surface area contributed by atoms with Gasteiger partial charge in [-0.1, -0.05) is 47.4 Å². The number of nitrogens with zero attached hydrogens (tertiary/aromatic N) is 1. The molecule has 1 aromatic carbocycles. The number of methoxy groups -OCH3 is 2. The molecule has 0 atom stereocenters. The van der Waals surface area contributed by atoms with E-state index in [9.17, 15) is 14.4 Å². The maximum absolute atomic E-state index is 12.7. The lowest BCUT2D eigenvalue weighted by molar-refractivity contribution is -0.138. The van der Waals surface area contributed by atoms with Crippen molar-refractivity contribution >= 4 is 69.7 Å². The van der Waals surface area contributed by atoms with Gasteiger partial charge in [0.25, 0.3) is 0 Å². The van der Waals surface area contributed by atoms with Crippen LogP contribution in [0.15, 0.2) is 26.2 Å².